The Labute approximate surface area is 189 Å². The van der Waals surface area contributed by atoms with E-state index in [2.05, 4.69) is 55.4 Å². The SMILES string of the molecule is CC(C)CCCP(CCCC(C)C)CCCP(CCCC(C)C)CCCC(C)C. The fourth-order valence-corrected chi connectivity index (χ4v) is 9.40. The molecule has 0 aliphatic rings. The smallest absolute Gasteiger partial charge is 0.0323 e. The lowest BCUT2D eigenvalue weighted by Crippen LogP contribution is -2.03. The summed E-state index contributed by atoms with van der Waals surface area (Å²) in [4.78, 5) is 0. The van der Waals surface area contributed by atoms with Gasteiger partial charge in [0.15, 0.2) is 0 Å². The second-order valence-electron chi connectivity index (χ2n) is 11.2. The Bertz CT molecular complexity index is 275. The van der Waals surface area contributed by atoms with Crippen LogP contribution in [0.1, 0.15) is 113 Å². The van der Waals surface area contributed by atoms with Crippen molar-refractivity contribution in [3.05, 3.63) is 0 Å². The third-order valence-electron chi connectivity index (χ3n) is 5.97. The van der Waals surface area contributed by atoms with Gasteiger partial charge in [-0.25, -0.2) is 0 Å². The van der Waals surface area contributed by atoms with Gasteiger partial charge in [-0.05, 0) is 92.7 Å². The van der Waals surface area contributed by atoms with Gasteiger partial charge in [0.05, 0.1) is 0 Å². The molecule has 0 heterocycles. The van der Waals surface area contributed by atoms with Gasteiger partial charge in [0.1, 0.15) is 0 Å². The van der Waals surface area contributed by atoms with Crippen molar-refractivity contribution in [2.75, 3.05) is 37.0 Å². The van der Waals surface area contributed by atoms with Crippen LogP contribution in [-0.4, -0.2) is 37.0 Å². The lowest BCUT2D eigenvalue weighted by Gasteiger charge is -2.22. The molecule has 0 N–H and O–H groups in total. The molecule has 0 saturated carbocycles. The first-order valence-electron chi connectivity index (χ1n) is 13.1. The van der Waals surface area contributed by atoms with Crippen LogP contribution in [0, 0.1) is 23.7 Å². The zero-order valence-electron chi connectivity index (χ0n) is 21.8. The molecule has 2 heteroatoms. The predicted octanol–water partition coefficient (Wildman–Crippen LogP) is 10.1. The lowest BCUT2D eigenvalue weighted by molar-refractivity contribution is 0.572. The van der Waals surface area contributed by atoms with E-state index in [0.717, 1.165) is 23.7 Å². The zero-order valence-corrected chi connectivity index (χ0v) is 23.6. The average Bonchev–Trinajstić information content (AvgIpc) is 2.59. The highest BCUT2D eigenvalue weighted by Gasteiger charge is 2.13. The summed E-state index contributed by atoms with van der Waals surface area (Å²) in [6.45, 7) is 19.1. The van der Waals surface area contributed by atoms with Crippen LogP contribution in [0.3, 0.4) is 0 Å². The summed E-state index contributed by atoms with van der Waals surface area (Å²) in [6, 6.07) is 0. The maximum Gasteiger partial charge on any atom is -0.0323 e. The number of rotatable bonds is 20. The average molecular weight is 445 g/mol. The van der Waals surface area contributed by atoms with Crippen molar-refractivity contribution in [2.45, 2.75) is 113 Å². The van der Waals surface area contributed by atoms with E-state index in [0.29, 0.717) is 15.8 Å². The quantitative estimate of drug-likeness (QED) is 0.164. The monoisotopic (exact) mass is 444 g/mol. The van der Waals surface area contributed by atoms with Gasteiger partial charge in [0.2, 0.25) is 0 Å². The molecule has 0 aliphatic heterocycles. The Morgan fingerprint density at radius 3 is 0.759 bits per heavy atom. The van der Waals surface area contributed by atoms with Crippen LogP contribution < -0.4 is 0 Å². The molecular formula is C27H58P2. The van der Waals surface area contributed by atoms with Crippen molar-refractivity contribution in [2.24, 2.45) is 23.7 Å². The van der Waals surface area contributed by atoms with E-state index < -0.39 is 0 Å². The second-order valence-corrected chi connectivity index (χ2v) is 16.5. The van der Waals surface area contributed by atoms with Crippen LogP contribution in [0.15, 0.2) is 0 Å². The van der Waals surface area contributed by atoms with Gasteiger partial charge >= 0.3 is 0 Å². The molecule has 0 aromatic carbocycles. The number of hydrogen-bond donors (Lipinski definition) is 0. The summed E-state index contributed by atoms with van der Waals surface area (Å²) >= 11 is 0. The molecule has 176 valence electrons. The van der Waals surface area contributed by atoms with Gasteiger partial charge in [-0.15, -0.1) is 15.8 Å². The minimum absolute atomic E-state index is 0.311. The van der Waals surface area contributed by atoms with Crippen LogP contribution in [0.4, 0.5) is 0 Å². The van der Waals surface area contributed by atoms with Gasteiger partial charge in [0.25, 0.3) is 0 Å². The molecule has 0 nitrogen and oxygen atoms in total. The van der Waals surface area contributed by atoms with Gasteiger partial charge in [-0.2, -0.15) is 0 Å². The Balaban J connectivity index is 4.39. The van der Waals surface area contributed by atoms with E-state index >= 15 is 0 Å². The fourth-order valence-electron chi connectivity index (χ4n) is 4.08. The van der Waals surface area contributed by atoms with Crippen LogP contribution in [-0.2, 0) is 0 Å². The molecule has 0 spiro atoms. The Morgan fingerprint density at radius 1 is 0.345 bits per heavy atom. The highest BCUT2D eigenvalue weighted by atomic mass is 31.1. The first kappa shape index (κ1) is 29.9. The van der Waals surface area contributed by atoms with Crippen LogP contribution in [0.5, 0.6) is 0 Å². The number of hydrogen-bond acceptors (Lipinski definition) is 0. The highest BCUT2D eigenvalue weighted by Crippen LogP contribution is 2.43. The van der Waals surface area contributed by atoms with Crippen molar-refractivity contribution in [1.29, 1.82) is 0 Å². The molecule has 0 atom stereocenters. The van der Waals surface area contributed by atoms with Gasteiger partial charge in [-0.1, -0.05) is 81.1 Å². The van der Waals surface area contributed by atoms with E-state index in [4.69, 9.17) is 0 Å². The largest absolute Gasteiger partial charge is 0.107 e. The summed E-state index contributed by atoms with van der Waals surface area (Å²) < 4.78 is 0. The summed E-state index contributed by atoms with van der Waals surface area (Å²) in [5.41, 5.74) is 0. The van der Waals surface area contributed by atoms with Crippen molar-refractivity contribution < 1.29 is 0 Å². The first-order valence-corrected chi connectivity index (χ1v) is 16.9. The molecule has 0 aromatic rings. The minimum Gasteiger partial charge on any atom is -0.107 e. The normalized spacial score (nSPS) is 12.6. The summed E-state index contributed by atoms with van der Waals surface area (Å²) in [5, 5.41) is 0. The molecule has 0 aliphatic carbocycles. The van der Waals surface area contributed by atoms with E-state index in [1.807, 2.05) is 0 Å². The molecule has 0 radical (unpaired) electrons. The standard InChI is InChI=1S/C27H58P2/c1-24(2)14-9-18-28(19-10-15-25(3)4)22-13-23-29(20-11-16-26(5)6)21-12-17-27(7)8/h24-27H,9-23H2,1-8H3. The molecule has 0 bridgehead atoms. The molecule has 0 saturated heterocycles. The Morgan fingerprint density at radius 2 is 0.552 bits per heavy atom. The summed E-state index contributed by atoms with van der Waals surface area (Å²) in [5.74, 6) is 3.55. The Hall–Kier alpha value is 0.860. The lowest BCUT2D eigenvalue weighted by atomic mass is 10.1. The maximum atomic E-state index is 2.39. The van der Waals surface area contributed by atoms with Crippen molar-refractivity contribution in [3.8, 4) is 0 Å². The van der Waals surface area contributed by atoms with Crippen LogP contribution >= 0.6 is 15.8 Å². The molecule has 0 fully saturated rings. The summed E-state index contributed by atoms with van der Waals surface area (Å²) in [7, 11) is 0.623. The minimum atomic E-state index is 0.311. The van der Waals surface area contributed by atoms with E-state index in [9.17, 15) is 0 Å². The Kier molecular flexibility index (Phi) is 20.1. The molecular weight excluding hydrogens is 386 g/mol. The first-order chi connectivity index (χ1) is 13.7. The summed E-state index contributed by atoms with van der Waals surface area (Å²) in [6.07, 6.45) is 22.7. The van der Waals surface area contributed by atoms with Gasteiger partial charge in [0, 0.05) is 0 Å². The molecule has 0 amide bonds. The van der Waals surface area contributed by atoms with Crippen molar-refractivity contribution in [3.63, 3.8) is 0 Å². The third-order valence-corrected chi connectivity index (χ3v) is 11.7. The van der Waals surface area contributed by atoms with Gasteiger partial charge < -0.3 is 0 Å². The third kappa shape index (κ3) is 21.9. The van der Waals surface area contributed by atoms with E-state index in [-0.39, 0.29) is 0 Å². The molecule has 29 heavy (non-hydrogen) atoms. The van der Waals surface area contributed by atoms with Crippen molar-refractivity contribution >= 4 is 15.8 Å². The topological polar surface area (TPSA) is 0 Å². The van der Waals surface area contributed by atoms with Crippen LogP contribution in [0.25, 0.3) is 0 Å². The fraction of sp³-hybridized carbons (Fsp3) is 1.00. The highest BCUT2D eigenvalue weighted by molar-refractivity contribution is 7.58. The van der Waals surface area contributed by atoms with E-state index in [1.165, 1.54) is 51.4 Å². The maximum absolute atomic E-state index is 2.39. The van der Waals surface area contributed by atoms with E-state index in [1.54, 1.807) is 43.4 Å². The zero-order chi connectivity index (χ0) is 22.1. The molecule has 0 unspecified atom stereocenters. The molecule has 0 aromatic heterocycles. The van der Waals surface area contributed by atoms with Gasteiger partial charge in [-0.3, -0.25) is 0 Å². The van der Waals surface area contributed by atoms with Crippen LogP contribution in [0.2, 0.25) is 0 Å². The molecule has 0 rings (SSSR count). The predicted molar refractivity (Wildman–Crippen MR) is 144 cm³/mol. The van der Waals surface area contributed by atoms with Crippen molar-refractivity contribution in [1.82, 2.24) is 0 Å². The second kappa shape index (κ2) is 19.5.